The summed E-state index contributed by atoms with van der Waals surface area (Å²) in [4.78, 5) is 0. The second kappa shape index (κ2) is 8.48. The van der Waals surface area contributed by atoms with E-state index in [2.05, 4.69) is 113 Å². The van der Waals surface area contributed by atoms with E-state index in [0.717, 1.165) is 11.4 Å². The Morgan fingerprint density at radius 2 is 1.30 bits per heavy atom. The highest BCUT2D eigenvalue weighted by atomic mass is 15.2. The van der Waals surface area contributed by atoms with Crippen molar-refractivity contribution in [3.63, 3.8) is 0 Å². The van der Waals surface area contributed by atoms with Gasteiger partial charge in [0, 0.05) is 23.6 Å². The van der Waals surface area contributed by atoms with Crippen molar-refractivity contribution in [1.82, 2.24) is 4.57 Å². The SMILES string of the molecule is Cc1cccc(C(C)C)c1-[n+]1cn(-c2c(C(C)C)cccc2C(C)C)c(C)c1C#N. The molecule has 0 N–H and O–H groups in total. The molecule has 1 heterocycles. The molecule has 0 unspecified atom stereocenters. The van der Waals surface area contributed by atoms with Gasteiger partial charge in [-0.1, -0.05) is 77.9 Å². The van der Waals surface area contributed by atoms with Gasteiger partial charge in [-0.25, -0.2) is 0 Å². The Balaban J connectivity index is 2.40. The van der Waals surface area contributed by atoms with Crippen LogP contribution < -0.4 is 4.57 Å². The van der Waals surface area contributed by atoms with E-state index in [-0.39, 0.29) is 0 Å². The minimum atomic E-state index is 0.372. The Labute approximate surface area is 181 Å². The van der Waals surface area contributed by atoms with Crippen LogP contribution in [0.3, 0.4) is 0 Å². The highest BCUT2D eigenvalue weighted by Gasteiger charge is 2.29. The molecule has 0 spiro atoms. The molecule has 3 nitrogen and oxygen atoms in total. The molecule has 0 atom stereocenters. The summed E-state index contributed by atoms with van der Waals surface area (Å²) < 4.78 is 4.33. The molecule has 0 bridgehead atoms. The quantitative estimate of drug-likeness (QED) is 0.443. The number of imidazole rings is 1. The van der Waals surface area contributed by atoms with Gasteiger partial charge in [0.05, 0.1) is 0 Å². The van der Waals surface area contributed by atoms with E-state index in [1.807, 2.05) is 0 Å². The first kappa shape index (κ1) is 21.8. The lowest BCUT2D eigenvalue weighted by molar-refractivity contribution is -0.598. The molecular formula is C27H34N3+. The van der Waals surface area contributed by atoms with E-state index < -0.39 is 0 Å². The minimum absolute atomic E-state index is 0.372. The Morgan fingerprint density at radius 1 is 0.800 bits per heavy atom. The standard InChI is InChI=1S/C27H34N3/c1-17(2)22-12-9-11-20(7)26(22)30-16-29(21(8)25(30)15-28)27-23(18(3)4)13-10-14-24(27)19(5)6/h9-14,16-19H,1-8H3/q+1. The summed E-state index contributed by atoms with van der Waals surface area (Å²) in [5.74, 6) is 1.16. The van der Waals surface area contributed by atoms with Crippen LogP contribution in [0.15, 0.2) is 42.7 Å². The number of rotatable bonds is 5. The number of aromatic nitrogens is 2. The van der Waals surface area contributed by atoms with Gasteiger partial charge in [-0.2, -0.15) is 14.4 Å². The molecule has 0 aliphatic heterocycles. The Morgan fingerprint density at radius 3 is 1.80 bits per heavy atom. The molecule has 0 radical (unpaired) electrons. The van der Waals surface area contributed by atoms with Gasteiger partial charge in [0.1, 0.15) is 17.4 Å². The summed E-state index contributed by atoms with van der Waals surface area (Å²) >= 11 is 0. The van der Waals surface area contributed by atoms with Gasteiger partial charge in [-0.05, 0) is 30.2 Å². The van der Waals surface area contributed by atoms with Crippen molar-refractivity contribution in [2.24, 2.45) is 0 Å². The maximum atomic E-state index is 10.1. The van der Waals surface area contributed by atoms with Gasteiger partial charge in [0.25, 0.3) is 12.0 Å². The molecule has 156 valence electrons. The second-order valence-electron chi connectivity index (χ2n) is 9.16. The molecule has 3 rings (SSSR count). The summed E-state index contributed by atoms with van der Waals surface area (Å²) in [6.07, 6.45) is 2.12. The summed E-state index contributed by atoms with van der Waals surface area (Å²) in [6, 6.07) is 15.5. The summed E-state index contributed by atoms with van der Waals surface area (Å²) in [5.41, 5.74) is 9.07. The summed E-state index contributed by atoms with van der Waals surface area (Å²) in [5, 5.41) is 10.1. The highest BCUT2D eigenvalue weighted by molar-refractivity contribution is 5.53. The van der Waals surface area contributed by atoms with Crippen molar-refractivity contribution in [1.29, 1.82) is 5.26 Å². The monoisotopic (exact) mass is 400 g/mol. The number of aryl methyl sites for hydroxylation is 1. The molecular weight excluding hydrogens is 366 g/mol. The number of hydrogen-bond donors (Lipinski definition) is 0. The summed E-state index contributed by atoms with van der Waals surface area (Å²) in [7, 11) is 0. The zero-order valence-electron chi connectivity index (χ0n) is 19.6. The number of nitrogens with zero attached hydrogens (tertiary/aromatic N) is 3. The fourth-order valence-corrected chi connectivity index (χ4v) is 4.34. The lowest BCUT2D eigenvalue weighted by Crippen LogP contribution is -2.35. The maximum absolute atomic E-state index is 10.1. The van der Waals surface area contributed by atoms with E-state index in [9.17, 15) is 5.26 Å². The molecule has 1 aromatic heterocycles. The van der Waals surface area contributed by atoms with Crippen molar-refractivity contribution >= 4 is 0 Å². The van der Waals surface area contributed by atoms with Crippen LogP contribution in [0.25, 0.3) is 11.4 Å². The van der Waals surface area contributed by atoms with Crippen molar-refractivity contribution in [3.05, 3.63) is 76.4 Å². The Kier molecular flexibility index (Phi) is 6.17. The van der Waals surface area contributed by atoms with E-state index in [1.54, 1.807) is 0 Å². The van der Waals surface area contributed by atoms with Crippen molar-refractivity contribution in [2.75, 3.05) is 0 Å². The molecule has 0 saturated heterocycles. The van der Waals surface area contributed by atoms with E-state index in [4.69, 9.17) is 0 Å². The third-order valence-electron chi connectivity index (χ3n) is 6.00. The molecule has 2 aromatic carbocycles. The Bertz CT molecular complexity index is 1080. The van der Waals surface area contributed by atoms with Gasteiger partial charge in [-0.15, -0.1) is 0 Å². The number of para-hydroxylation sites is 2. The molecule has 30 heavy (non-hydrogen) atoms. The van der Waals surface area contributed by atoms with Crippen LogP contribution in [-0.4, -0.2) is 4.57 Å². The van der Waals surface area contributed by atoms with E-state index in [0.29, 0.717) is 23.4 Å². The zero-order valence-corrected chi connectivity index (χ0v) is 19.6. The van der Waals surface area contributed by atoms with Gasteiger partial charge in [-0.3, -0.25) is 0 Å². The third-order valence-corrected chi connectivity index (χ3v) is 6.00. The van der Waals surface area contributed by atoms with Gasteiger partial charge in [0.2, 0.25) is 0 Å². The van der Waals surface area contributed by atoms with E-state index in [1.165, 1.54) is 27.9 Å². The van der Waals surface area contributed by atoms with Crippen molar-refractivity contribution < 1.29 is 4.57 Å². The van der Waals surface area contributed by atoms with Crippen LogP contribution in [-0.2, 0) is 0 Å². The molecule has 0 aliphatic rings. The largest absolute Gasteiger partial charge is 0.255 e. The number of hydrogen-bond acceptors (Lipinski definition) is 1. The first-order chi connectivity index (χ1) is 14.2. The first-order valence-electron chi connectivity index (χ1n) is 11.0. The van der Waals surface area contributed by atoms with Gasteiger partial charge < -0.3 is 0 Å². The summed E-state index contributed by atoms with van der Waals surface area (Å²) in [6.45, 7) is 17.5. The number of nitriles is 1. The minimum Gasteiger partial charge on any atom is -0.197 e. The van der Waals surface area contributed by atoms with Crippen molar-refractivity contribution in [3.8, 4) is 17.4 Å². The van der Waals surface area contributed by atoms with E-state index >= 15 is 0 Å². The first-order valence-corrected chi connectivity index (χ1v) is 11.0. The average Bonchev–Trinajstić information content (AvgIpc) is 3.02. The van der Waals surface area contributed by atoms with Gasteiger partial charge >= 0.3 is 0 Å². The van der Waals surface area contributed by atoms with Crippen LogP contribution in [0.4, 0.5) is 0 Å². The van der Waals surface area contributed by atoms with Crippen LogP contribution in [0.2, 0.25) is 0 Å². The molecule has 0 aliphatic carbocycles. The lowest BCUT2D eigenvalue weighted by Gasteiger charge is -2.17. The average molecular weight is 401 g/mol. The van der Waals surface area contributed by atoms with Crippen LogP contribution in [0.1, 0.15) is 92.9 Å². The lowest BCUT2D eigenvalue weighted by atomic mass is 9.92. The molecule has 0 fully saturated rings. The molecule has 3 aromatic rings. The fraction of sp³-hybridized carbons (Fsp3) is 0.407. The topological polar surface area (TPSA) is 32.6 Å². The third kappa shape index (κ3) is 3.67. The normalized spacial score (nSPS) is 11.5. The second-order valence-corrected chi connectivity index (χ2v) is 9.16. The van der Waals surface area contributed by atoms with Crippen LogP contribution >= 0.6 is 0 Å². The predicted octanol–water partition coefficient (Wildman–Crippen LogP) is 6.61. The fourth-order valence-electron chi connectivity index (χ4n) is 4.34. The zero-order chi connectivity index (χ0) is 22.2. The van der Waals surface area contributed by atoms with Crippen molar-refractivity contribution in [2.45, 2.75) is 73.1 Å². The van der Waals surface area contributed by atoms with Gasteiger partial charge in [0.15, 0.2) is 5.69 Å². The molecule has 0 amide bonds. The molecule has 0 saturated carbocycles. The maximum Gasteiger partial charge on any atom is 0.255 e. The Hall–Kier alpha value is -2.86. The predicted molar refractivity (Wildman–Crippen MR) is 124 cm³/mol. The van der Waals surface area contributed by atoms with Crippen LogP contribution in [0.5, 0.6) is 0 Å². The molecule has 3 heteroatoms. The van der Waals surface area contributed by atoms with Crippen LogP contribution in [0, 0.1) is 25.2 Å². The highest BCUT2D eigenvalue weighted by Crippen LogP contribution is 2.32. The number of benzene rings is 2. The smallest absolute Gasteiger partial charge is 0.197 e.